The molecule has 0 radical (unpaired) electrons. The van der Waals surface area contributed by atoms with Crippen molar-refractivity contribution in [2.75, 3.05) is 0 Å². The Morgan fingerprint density at radius 3 is 2.62 bits per heavy atom. The molecule has 0 fully saturated rings. The molecule has 1 aliphatic heterocycles. The van der Waals surface area contributed by atoms with Gasteiger partial charge in [-0.25, -0.2) is 4.79 Å². The van der Waals surface area contributed by atoms with E-state index in [9.17, 15) is 14.7 Å². The molecular formula is C15H12BrNO4. The molecule has 1 unspecified atom stereocenters. The summed E-state index contributed by atoms with van der Waals surface area (Å²) in [6.45, 7) is 0.286. The Hall–Kier alpha value is -2.08. The molecule has 108 valence electrons. The van der Waals surface area contributed by atoms with Gasteiger partial charge in [0.2, 0.25) is 0 Å². The fourth-order valence-corrected chi connectivity index (χ4v) is 2.89. The van der Waals surface area contributed by atoms with E-state index in [1.807, 2.05) is 24.3 Å². The number of benzene rings is 1. The summed E-state index contributed by atoms with van der Waals surface area (Å²) in [6.07, 6.45) is 1.64. The predicted octanol–water partition coefficient (Wildman–Crippen LogP) is 2.69. The minimum absolute atomic E-state index is 0.286. The van der Waals surface area contributed by atoms with Crippen LogP contribution in [0.4, 0.5) is 0 Å². The van der Waals surface area contributed by atoms with Crippen LogP contribution in [0.5, 0.6) is 0 Å². The molecular weight excluding hydrogens is 338 g/mol. The van der Waals surface area contributed by atoms with E-state index in [2.05, 4.69) is 15.9 Å². The number of carboxylic acids is 1. The lowest BCUT2D eigenvalue weighted by Gasteiger charge is -2.34. The second-order valence-electron chi connectivity index (χ2n) is 4.90. The number of furan rings is 1. The number of halogens is 1. The SMILES string of the molecule is O=C(O)C1Cc2ccccc2CN1C(=O)c1coc(Br)c1. The Labute approximate surface area is 129 Å². The second kappa shape index (κ2) is 5.37. The Kier molecular flexibility index (Phi) is 3.55. The number of carbonyl (C=O) groups is 2. The van der Waals surface area contributed by atoms with Crippen molar-refractivity contribution in [2.24, 2.45) is 0 Å². The van der Waals surface area contributed by atoms with Gasteiger partial charge in [-0.1, -0.05) is 24.3 Å². The number of hydrogen-bond acceptors (Lipinski definition) is 3. The van der Waals surface area contributed by atoms with E-state index < -0.39 is 12.0 Å². The topological polar surface area (TPSA) is 70.8 Å². The molecule has 5 nitrogen and oxygen atoms in total. The largest absolute Gasteiger partial charge is 0.480 e. The van der Waals surface area contributed by atoms with Gasteiger partial charge in [-0.15, -0.1) is 0 Å². The molecule has 1 N–H and O–H groups in total. The number of fused-ring (bicyclic) bond motifs is 1. The summed E-state index contributed by atoms with van der Waals surface area (Å²) < 4.78 is 5.50. The quantitative estimate of drug-likeness (QED) is 0.904. The van der Waals surface area contributed by atoms with Crippen LogP contribution in [0.25, 0.3) is 0 Å². The summed E-state index contributed by atoms with van der Waals surface area (Å²) in [7, 11) is 0. The maximum absolute atomic E-state index is 12.5. The van der Waals surface area contributed by atoms with Gasteiger partial charge in [-0.2, -0.15) is 0 Å². The van der Waals surface area contributed by atoms with Crippen LogP contribution >= 0.6 is 15.9 Å². The van der Waals surface area contributed by atoms with Crippen molar-refractivity contribution in [3.8, 4) is 0 Å². The Bertz CT molecular complexity index is 709. The molecule has 0 aliphatic carbocycles. The highest BCUT2D eigenvalue weighted by atomic mass is 79.9. The summed E-state index contributed by atoms with van der Waals surface area (Å²) in [4.78, 5) is 25.4. The smallest absolute Gasteiger partial charge is 0.326 e. The van der Waals surface area contributed by atoms with Gasteiger partial charge in [0.25, 0.3) is 5.91 Å². The highest BCUT2D eigenvalue weighted by molar-refractivity contribution is 9.10. The molecule has 6 heteroatoms. The number of amides is 1. The van der Waals surface area contributed by atoms with Crippen molar-refractivity contribution in [1.29, 1.82) is 0 Å². The molecule has 0 spiro atoms. The number of carboxylic acid groups (broad SMARTS) is 1. The third kappa shape index (κ3) is 2.58. The molecule has 1 aromatic carbocycles. The molecule has 0 saturated carbocycles. The fourth-order valence-electron chi connectivity index (χ4n) is 2.55. The molecule has 1 aliphatic rings. The lowest BCUT2D eigenvalue weighted by Crippen LogP contribution is -2.48. The van der Waals surface area contributed by atoms with Gasteiger partial charge in [-0.05, 0) is 27.1 Å². The second-order valence-corrected chi connectivity index (χ2v) is 5.68. The maximum atomic E-state index is 12.5. The number of aliphatic carboxylic acids is 1. The van der Waals surface area contributed by atoms with Gasteiger partial charge in [-0.3, -0.25) is 4.79 Å². The molecule has 1 amide bonds. The van der Waals surface area contributed by atoms with Gasteiger partial charge in [0.1, 0.15) is 12.3 Å². The van der Waals surface area contributed by atoms with Crippen molar-refractivity contribution in [3.63, 3.8) is 0 Å². The first kappa shape index (κ1) is 13.9. The van der Waals surface area contributed by atoms with Crippen LogP contribution in [-0.2, 0) is 17.8 Å². The van der Waals surface area contributed by atoms with Crippen molar-refractivity contribution in [3.05, 3.63) is 58.0 Å². The number of nitrogens with zero attached hydrogens (tertiary/aromatic N) is 1. The van der Waals surface area contributed by atoms with Crippen LogP contribution in [0.15, 0.2) is 45.7 Å². The Balaban J connectivity index is 1.96. The van der Waals surface area contributed by atoms with Crippen molar-refractivity contribution in [2.45, 2.75) is 19.0 Å². The standard InChI is InChI=1S/C15H12BrNO4/c16-13-6-11(8-21-13)14(18)17-7-10-4-2-1-3-9(10)5-12(17)15(19)20/h1-4,6,8,12H,5,7H2,(H,19,20). The van der Waals surface area contributed by atoms with Crippen molar-refractivity contribution in [1.82, 2.24) is 4.90 Å². The van der Waals surface area contributed by atoms with Gasteiger partial charge in [0.15, 0.2) is 4.67 Å². The zero-order chi connectivity index (χ0) is 15.0. The third-order valence-electron chi connectivity index (χ3n) is 3.61. The fraction of sp³-hybridized carbons (Fsp3) is 0.200. The normalized spacial score (nSPS) is 17.4. The molecule has 1 atom stereocenters. The van der Waals surface area contributed by atoms with E-state index in [1.165, 1.54) is 11.2 Å². The van der Waals surface area contributed by atoms with Gasteiger partial charge < -0.3 is 14.4 Å². The maximum Gasteiger partial charge on any atom is 0.326 e. The van der Waals surface area contributed by atoms with Crippen molar-refractivity contribution < 1.29 is 19.1 Å². The molecule has 0 saturated heterocycles. The highest BCUT2D eigenvalue weighted by Gasteiger charge is 2.35. The lowest BCUT2D eigenvalue weighted by atomic mass is 9.93. The Morgan fingerprint density at radius 2 is 2.00 bits per heavy atom. The summed E-state index contributed by atoms with van der Waals surface area (Å²) in [5.41, 5.74) is 2.29. The van der Waals surface area contributed by atoms with E-state index in [0.717, 1.165) is 11.1 Å². The predicted molar refractivity (Wildman–Crippen MR) is 77.9 cm³/mol. The summed E-state index contributed by atoms with van der Waals surface area (Å²) in [5, 5.41) is 9.41. The Morgan fingerprint density at radius 1 is 1.29 bits per heavy atom. The van der Waals surface area contributed by atoms with Crippen molar-refractivity contribution >= 4 is 27.8 Å². The van der Waals surface area contributed by atoms with E-state index in [4.69, 9.17) is 4.42 Å². The zero-order valence-corrected chi connectivity index (χ0v) is 12.5. The minimum Gasteiger partial charge on any atom is -0.480 e. The average Bonchev–Trinajstić information content (AvgIpc) is 2.91. The molecule has 21 heavy (non-hydrogen) atoms. The van der Waals surface area contributed by atoms with Crippen LogP contribution in [0.1, 0.15) is 21.5 Å². The number of carbonyl (C=O) groups excluding carboxylic acids is 1. The third-order valence-corrected chi connectivity index (χ3v) is 4.02. The zero-order valence-electron chi connectivity index (χ0n) is 11.0. The van der Waals surface area contributed by atoms with Gasteiger partial charge in [0.05, 0.1) is 5.56 Å². The minimum atomic E-state index is -1.000. The number of rotatable bonds is 2. The lowest BCUT2D eigenvalue weighted by molar-refractivity contribution is -0.142. The van der Waals surface area contributed by atoms with E-state index in [1.54, 1.807) is 6.07 Å². The first-order valence-corrected chi connectivity index (χ1v) is 7.20. The molecule has 2 aromatic rings. The first-order valence-electron chi connectivity index (χ1n) is 6.41. The van der Waals surface area contributed by atoms with Crippen LogP contribution < -0.4 is 0 Å². The molecule has 3 rings (SSSR count). The van der Waals surface area contributed by atoms with Crippen LogP contribution in [0.3, 0.4) is 0 Å². The molecule has 0 bridgehead atoms. The van der Waals surface area contributed by atoms with Gasteiger partial charge in [0, 0.05) is 19.0 Å². The van der Waals surface area contributed by atoms with E-state index in [0.29, 0.717) is 16.7 Å². The highest BCUT2D eigenvalue weighted by Crippen LogP contribution is 2.26. The molecule has 1 aromatic heterocycles. The van der Waals surface area contributed by atoms with Gasteiger partial charge >= 0.3 is 5.97 Å². The molecule has 2 heterocycles. The van der Waals surface area contributed by atoms with E-state index >= 15 is 0 Å². The average molecular weight is 350 g/mol. The summed E-state index contributed by atoms with van der Waals surface area (Å²) >= 11 is 3.14. The van der Waals surface area contributed by atoms with E-state index in [-0.39, 0.29) is 12.5 Å². The monoisotopic (exact) mass is 349 g/mol. The van der Waals surface area contributed by atoms with Crippen LogP contribution in [-0.4, -0.2) is 27.9 Å². The summed E-state index contributed by atoms with van der Waals surface area (Å²) in [6, 6.07) is 8.27. The summed E-state index contributed by atoms with van der Waals surface area (Å²) in [5.74, 6) is -1.34. The first-order chi connectivity index (χ1) is 10.1. The number of hydrogen-bond donors (Lipinski definition) is 1. The van der Waals surface area contributed by atoms with Crippen LogP contribution in [0.2, 0.25) is 0 Å². The van der Waals surface area contributed by atoms with Crippen LogP contribution in [0, 0.1) is 0 Å².